The van der Waals surface area contributed by atoms with Gasteiger partial charge >= 0.3 is 0 Å². The van der Waals surface area contributed by atoms with Crippen molar-refractivity contribution in [3.05, 3.63) is 233 Å². The zero-order valence-corrected chi connectivity index (χ0v) is 45.3. The minimum absolute atomic E-state index is 0.0163. The molecule has 0 spiro atoms. The van der Waals surface area contributed by atoms with Crippen molar-refractivity contribution < 1.29 is 4.74 Å². The number of hydrogen-bond donors (Lipinski definition) is 0. The van der Waals surface area contributed by atoms with Crippen LogP contribution in [0.1, 0.15) is 135 Å². The van der Waals surface area contributed by atoms with E-state index >= 15 is 0 Å². The van der Waals surface area contributed by atoms with E-state index in [0.29, 0.717) is 6.67 Å². The molecule has 73 heavy (non-hydrogen) atoms. The topological polar surface area (TPSA) is 33.5 Å². The van der Waals surface area contributed by atoms with Crippen LogP contribution >= 0.6 is 0 Å². The standard InChI is InChI=1S/C68H72N4O/c1-64(2,3)49-29-32-60-59(40-49)58-31-30-56(43-61(58)72(60)63-41-50(33-34-69-63)67(10,11)47-25-19-15-20-26-47)73-57-39-53(68(12,13)48-27-21-16-22-28-48)38-55(42-57)71-45-70(44-62(71)46-23-17-14-18-24-46)54-36-51(65(4,5)6)35-52(37-54)66(7,8)9/h14-44H,45H2,1-13H3. The van der Waals surface area contributed by atoms with Crippen molar-refractivity contribution in [2.45, 2.75) is 117 Å². The van der Waals surface area contributed by atoms with E-state index in [1.165, 1.54) is 44.5 Å². The van der Waals surface area contributed by atoms with Crippen LogP contribution in [0.3, 0.4) is 0 Å². The lowest BCUT2D eigenvalue weighted by atomic mass is 9.78. The summed E-state index contributed by atoms with van der Waals surface area (Å²) >= 11 is 0. The van der Waals surface area contributed by atoms with Crippen LogP contribution in [0.4, 0.5) is 11.4 Å². The van der Waals surface area contributed by atoms with Gasteiger partial charge in [-0.3, -0.25) is 4.57 Å². The van der Waals surface area contributed by atoms with Gasteiger partial charge in [-0.2, -0.15) is 0 Å². The highest BCUT2D eigenvalue weighted by Gasteiger charge is 2.32. The Morgan fingerprint density at radius 2 is 0.986 bits per heavy atom. The second-order valence-corrected chi connectivity index (χ2v) is 24.4. The number of rotatable bonds is 10. The van der Waals surface area contributed by atoms with E-state index in [4.69, 9.17) is 9.72 Å². The Bertz CT molecular complexity index is 3470. The fourth-order valence-electron chi connectivity index (χ4n) is 10.4. The summed E-state index contributed by atoms with van der Waals surface area (Å²) in [7, 11) is 0. The summed E-state index contributed by atoms with van der Waals surface area (Å²) in [5, 5.41) is 2.35. The molecule has 9 aromatic rings. The zero-order valence-electron chi connectivity index (χ0n) is 45.3. The van der Waals surface area contributed by atoms with Gasteiger partial charge in [0.1, 0.15) is 17.3 Å². The quantitative estimate of drug-likeness (QED) is 0.137. The first-order valence-corrected chi connectivity index (χ1v) is 26.0. The normalized spacial score (nSPS) is 13.8. The second kappa shape index (κ2) is 18.3. The van der Waals surface area contributed by atoms with Crippen LogP contribution in [0.15, 0.2) is 188 Å². The Hall–Kier alpha value is -7.37. The minimum Gasteiger partial charge on any atom is -0.457 e. The largest absolute Gasteiger partial charge is 0.457 e. The van der Waals surface area contributed by atoms with Crippen molar-refractivity contribution in [3.63, 3.8) is 0 Å². The molecule has 0 amide bonds. The van der Waals surface area contributed by atoms with Gasteiger partial charge in [-0.25, -0.2) is 4.98 Å². The molecule has 1 aliphatic heterocycles. The smallest absolute Gasteiger partial charge is 0.137 e. The molecule has 0 unspecified atom stereocenters. The SMILES string of the molecule is CC(C)(C)c1cc(N2C=C(c3ccccc3)N(c3cc(Oc4ccc5c6cc(C(C)(C)C)ccc6n(-c6cc(C(C)(C)c7ccccc7)ccn6)c5c4)cc(C(C)(C)c4ccccc4)c3)C2)cc(C(C)(C)C)c1. The van der Waals surface area contributed by atoms with Gasteiger partial charge in [0.25, 0.3) is 0 Å². The molecule has 1 aliphatic rings. The lowest BCUT2D eigenvalue weighted by Crippen LogP contribution is -2.28. The molecule has 5 nitrogen and oxygen atoms in total. The molecule has 3 heterocycles. The highest BCUT2D eigenvalue weighted by Crippen LogP contribution is 2.44. The highest BCUT2D eigenvalue weighted by atomic mass is 16.5. The van der Waals surface area contributed by atoms with Gasteiger partial charge in [-0.05, 0) is 121 Å². The molecule has 0 N–H and O–H groups in total. The summed E-state index contributed by atoms with van der Waals surface area (Å²) in [6.07, 6.45) is 4.29. The monoisotopic (exact) mass is 961 g/mol. The maximum atomic E-state index is 7.22. The lowest BCUT2D eigenvalue weighted by Gasteiger charge is -2.31. The van der Waals surface area contributed by atoms with E-state index in [-0.39, 0.29) is 27.1 Å². The predicted octanol–water partition coefficient (Wildman–Crippen LogP) is 17.8. The van der Waals surface area contributed by atoms with Crippen molar-refractivity contribution in [1.82, 2.24) is 9.55 Å². The first kappa shape index (κ1) is 49.2. The van der Waals surface area contributed by atoms with Crippen molar-refractivity contribution >= 4 is 38.9 Å². The fourth-order valence-corrected chi connectivity index (χ4v) is 10.4. The van der Waals surface area contributed by atoms with Gasteiger partial charge in [0.15, 0.2) is 0 Å². The Balaban J connectivity index is 1.12. The van der Waals surface area contributed by atoms with Crippen LogP contribution in [0.25, 0.3) is 33.3 Å². The molecular weight excluding hydrogens is 889 g/mol. The number of anilines is 2. The summed E-state index contributed by atoms with van der Waals surface area (Å²) in [5.41, 5.74) is 14.8. The van der Waals surface area contributed by atoms with E-state index in [9.17, 15) is 0 Å². The maximum Gasteiger partial charge on any atom is 0.137 e. The van der Waals surface area contributed by atoms with E-state index in [0.717, 1.165) is 56.2 Å². The molecule has 0 bridgehead atoms. The van der Waals surface area contributed by atoms with Crippen molar-refractivity contribution in [2.24, 2.45) is 0 Å². The molecule has 370 valence electrons. The van der Waals surface area contributed by atoms with Gasteiger partial charge in [0, 0.05) is 57.5 Å². The number of ether oxygens (including phenoxy) is 1. The van der Waals surface area contributed by atoms with Crippen LogP contribution in [-0.4, -0.2) is 16.2 Å². The van der Waals surface area contributed by atoms with E-state index in [2.05, 4.69) is 287 Å². The number of hydrogen-bond acceptors (Lipinski definition) is 4. The van der Waals surface area contributed by atoms with Crippen LogP contribution in [0.2, 0.25) is 0 Å². The Kier molecular flexibility index (Phi) is 12.3. The first-order valence-electron chi connectivity index (χ1n) is 26.0. The third-order valence-corrected chi connectivity index (χ3v) is 15.4. The molecule has 0 atom stereocenters. The minimum atomic E-state index is -0.348. The Morgan fingerprint density at radius 1 is 0.411 bits per heavy atom. The van der Waals surface area contributed by atoms with Crippen LogP contribution in [-0.2, 0) is 27.1 Å². The van der Waals surface area contributed by atoms with Gasteiger partial charge in [0.05, 0.1) is 23.4 Å². The van der Waals surface area contributed by atoms with Crippen LogP contribution < -0.4 is 14.5 Å². The van der Waals surface area contributed by atoms with E-state index in [1.54, 1.807) is 0 Å². The van der Waals surface area contributed by atoms with Gasteiger partial charge < -0.3 is 14.5 Å². The molecule has 0 radical (unpaired) electrons. The second-order valence-electron chi connectivity index (χ2n) is 24.4. The van der Waals surface area contributed by atoms with Crippen molar-refractivity contribution in [2.75, 3.05) is 16.5 Å². The molecule has 2 aromatic heterocycles. The van der Waals surface area contributed by atoms with Crippen LogP contribution in [0, 0.1) is 0 Å². The van der Waals surface area contributed by atoms with E-state index < -0.39 is 0 Å². The maximum absolute atomic E-state index is 7.22. The molecular formula is C68H72N4O. The Labute approximate surface area is 434 Å². The molecule has 0 fully saturated rings. The Morgan fingerprint density at radius 3 is 1.59 bits per heavy atom. The molecule has 7 aromatic carbocycles. The first-order chi connectivity index (χ1) is 34.6. The highest BCUT2D eigenvalue weighted by molar-refractivity contribution is 6.10. The summed E-state index contributed by atoms with van der Waals surface area (Å²) in [4.78, 5) is 9.97. The zero-order chi connectivity index (χ0) is 51.7. The number of nitrogens with zero attached hydrogens (tertiary/aromatic N) is 4. The van der Waals surface area contributed by atoms with E-state index in [1.807, 2.05) is 6.20 Å². The molecule has 0 saturated carbocycles. The van der Waals surface area contributed by atoms with Gasteiger partial charge in [-0.15, -0.1) is 0 Å². The summed E-state index contributed by atoms with van der Waals surface area (Å²) in [6.45, 7) is 30.6. The number of fused-ring (bicyclic) bond motifs is 3. The summed E-state index contributed by atoms with van der Waals surface area (Å²) < 4.78 is 9.55. The number of benzene rings is 7. The fraction of sp³-hybridized carbons (Fsp3) is 0.279. The number of aromatic nitrogens is 2. The molecule has 5 heteroatoms. The van der Waals surface area contributed by atoms with Crippen LogP contribution in [0.5, 0.6) is 11.5 Å². The number of pyridine rings is 1. The summed E-state index contributed by atoms with van der Waals surface area (Å²) in [6, 6.07) is 64.3. The summed E-state index contributed by atoms with van der Waals surface area (Å²) in [5.74, 6) is 2.40. The molecule has 0 aliphatic carbocycles. The van der Waals surface area contributed by atoms with Crippen molar-refractivity contribution in [1.29, 1.82) is 0 Å². The third-order valence-electron chi connectivity index (χ3n) is 15.4. The average Bonchev–Trinajstić information content (AvgIpc) is 3.96. The molecule has 10 rings (SSSR count). The predicted molar refractivity (Wildman–Crippen MR) is 309 cm³/mol. The third kappa shape index (κ3) is 9.59. The molecule has 0 saturated heterocycles. The average molecular weight is 961 g/mol. The van der Waals surface area contributed by atoms with Crippen molar-refractivity contribution in [3.8, 4) is 17.3 Å². The van der Waals surface area contributed by atoms with Gasteiger partial charge in [-0.1, -0.05) is 193 Å². The lowest BCUT2D eigenvalue weighted by molar-refractivity contribution is 0.480. The van der Waals surface area contributed by atoms with Gasteiger partial charge in [0.2, 0.25) is 0 Å².